The number of urea groups is 1. The van der Waals surface area contributed by atoms with Gasteiger partial charge in [0.05, 0.1) is 14.2 Å². The van der Waals surface area contributed by atoms with Gasteiger partial charge in [0, 0.05) is 31.4 Å². The molecule has 148 valence electrons. The van der Waals surface area contributed by atoms with Crippen molar-refractivity contribution in [3.05, 3.63) is 18.2 Å². The van der Waals surface area contributed by atoms with Crippen LogP contribution in [0, 0.1) is 5.92 Å². The molecule has 2 fully saturated rings. The fourth-order valence-corrected chi connectivity index (χ4v) is 3.84. The summed E-state index contributed by atoms with van der Waals surface area (Å²) in [5.41, 5.74) is 0.739. The molecule has 3 amide bonds. The molecule has 7 heteroatoms. The van der Waals surface area contributed by atoms with Crippen molar-refractivity contribution in [2.24, 2.45) is 5.92 Å². The van der Waals surface area contributed by atoms with E-state index in [1.165, 1.54) is 32.1 Å². The van der Waals surface area contributed by atoms with Crippen LogP contribution in [0.25, 0.3) is 0 Å². The fourth-order valence-electron chi connectivity index (χ4n) is 3.84. The highest BCUT2D eigenvalue weighted by atomic mass is 16.5. The van der Waals surface area contributed by atoms with Gasteiger partial charge < -0.3 is 19.7 Å². The highest BCUT2D eigenvalue weighted by Crippen LogP contribution is 2.32. The number of anilines is 1. The Morgan fingerprint density at radius 3 is 2.56 bits per heavy atom. The Morgan fingerprint density at radius 1 is 1.11 bits per heavy atom. The molecule has 0 bridgehead atoms. The highest BCUT2D eigenvalue weighted by Gasteiger charge is 2.31. The van der Waals surface area contributed by atoms with Gasteiger partial charge in [-0.25, -0.2) is 4.79 Å². The molecule has 2 aliphatic rings. The van der Waals surface area contributed by atoms with Gasteiger partial charge in [-0.05, 0) is 30.9 Å². The minimum Gasteiger partial charge on any atom is -0.493 e. The molecule has 0 unspecified atom stereocenters. The predicted octanol–water partition coefficient (Wildman–Crippen LogP) is 2.64. The van der Waals surface area contributed by atoms with E-state index in [0.29, 0.717) is 30.5 Å². The first-order valence-corrected chi connectivity index (χ1v) is 9.67. The van der Waals surface area contributed by atoms with E-state index in [1.807, 2.05) is 6.07 Å². The molecule has 0 radical (unpaired) electrons. The van der Waals surface area contributed by atoms with Crippen molar-refractivity contribution >= 4 is 17.6 Å². The van der Waals surface area contributed by atoms with Crippen molar-refractivity contribution in [3.63, 3.8) is 0 Å². The molecule has 1 saturated heterocycles. The fraction of sp³-hybridized carbons (Fsp3) is 0.600. The molecule has 0 atom stereocenters. The summed E-state index contributed by atoms with van der Waals surface area (Å²) in [5, 5.41) is 3.00. The van der Waals surface area contributed by atoms with Gasteiger partial charge in [0.25, 0.3) is 0 Å². The lowest BCUT2D eigenvalue weighted by molar-refractivity contribution is -0.121. The summed E-state index contributed by atoms with van der Waals surface area (Å²) in [6, 6.07) is 5.23. The molecule has 0 aromatic heterocycles. The molecule has 1 saturated carbocycles. The number of hydrogen-bond donors (Lipinski definition) is 1. The quantitative estimate of drug-likeness (QED) is 0.795. The molecule has 7 nitrogen and oxygen atoms in total. The number of methoxy groups -OCH3 is 2. The molecule has 1 aromatic carbocycles. The number of hydrogen-bond acceptors (Lipinski definition) is 4. The highest BCUT2D eigenvalue weighted by molar-refractivity contribution is 5.96. The van der Waals surface area contributed by atoms with Crippen molar-refractivity contribution in [2.45, 2.75) is 32.1 Å². The molecular formula is C20H29N3O4. The van der Waals surface area contributed by atoms with Crippen molar-refractivity contribution < 1.29 is 19.1 Å². The number of nitrogens with one attached hydrogen (secondary N) is 1. The minimum atomic E-state index is -0.157. The summed E-state index contributed by atoms with van der Waals surface area (Å²) in [6.45, 7) is 1.91. The van der Waals surface area contributed by atoms with E-state index in [0.717, 1.165) is 12.2 Å². The maximum Gasteiger partial charge on any atom is 0.325 e. The van der Waals surface area contributed by atoms with Crippen LogP contribution >= 0.6 is 0 Å². The van der Waals surface area contributed by atoms with E-state index in [4.69, 9.17) is 9.47 Å². The van der Waals surface area contributed by atoms with Gasteiger partial charge in [0.2, 0.25) is 5.91 Å². The second kappa shape index (κ2) is 8.97. The van der Waals surface area contributed by atoms with Gasteiger partial charge in [0.15, 0.2) is 11.5 Å². The third-order valence-electron chi connectivity index (χ3n) is 5.42. The van der Waals surface area contributed by atoms with Crippen LogP contribution in [0.4, 0.5) is 10.5 Å². The zero-order chi connectivity index (χ0) is 19.2. The van der Waals surface area contributed by atoms with E-state index in [9.17, 15) is 9.59 Å². The largest absolute Gasteiger partial charge is 0.493 e. The summed E-state index contributed by atoms with van der Waals surface area (Å²) in [4.78, 5) is 28.2. The zero-order valence-electron chi connectivity index (χ0n) is 16.2. The van der Waals surface area contributed by atoms with Crippen LogP contribution in [-0.4, -0.2) is 57.2 Å². The first-order valence-electron chi connectivity index (χ1n) is 9.67. The molecule has 1 heterocycles. The van der Waals surface area contributed by atoms with Gasteiger partial charge in [-0.2, -0.15) is 0 Å². The van der Waals surface area contributed by atoms with Crippen molar-refractivity contribution in [1.82, 2.24) is 10.2 Å². The summed E-state index contributed by atoms with van der Waals surface area (Å²) in [6.07, 6.45) is 6.20. The summed E-state index contributed by atoms with van der Waals surface area (Å²) in [5.74, 6) is 1.70. The molecule has 1 aliphatic carbocycles. The minimum absolute atomic E-state index is 0.0805. The van der Waals surface area contributed by atoms with Crippen LogP contribution in [0.2, 0.25) is 0 Å². The number of carbonyl (C=O) groups is 2. The summed E-state index contributed by atoms with van der Waals surface area (Å²) in [7, 11) is 3.14. The average Bonchev–Trinajstić information content (AvgIpc) is 3.06. The molecule has 3 rings (SSSR count). The lowest BCUT2D eigenvalue weighted by atomic mass is 9.89. The lowest BCUT2D eigenvalue weighted by Gasteiger charge is -2.23. The number of nitrogens with zero attached hydrogens (tertiary/aromatic N) is 2. The molecular weight excluding hydrogens is 346 g/mol. The smallest absolute Gasteiger partial charge is 0.325 e. The molecule has 1 aliphatic heterocycles. The maximum absolute atomic E-state index is 12.7. The Hall–Kier alpha value is -2.44. The van der Waals surface area contributed by atoms with Crippen molar-refractivity contribution in [2.75, 3.05) is 45.3 Å². The predicted molar refractivity (Wildman–Crippen MR) is 103 cm³/mol. The topological polar surface area (TPSA) is 71.1 Å². The first-order chi connectivity index (χ1) is 13.1. The number of carbonyl (C=O) groups excluding carboxylic acids is 2. The van der Waals surface area contributed by atoms with Crippen molar-refractivity contribution in [1.29, 1.82) is 0 Å². The molecule has 1 aromatic rings. The molecule has 0 spiro atoms. The average molecular weight is 375 g/mol. The normalized spacial score (nSPS) is 17.9. The van der Waals surface area contributed by atoms with Gasteiger partial charge in [-0.15, -0.1) is 0 Å². The molecule has 1 N–H and O–H groups in total. The van der Waals surface area contributed by atoms with Crippen LogP contribution in [0.5, 0.6) is 11.5 Å². The summed E-state index contributed by atoms with van der Waals surface area (Å²) >= 11 is 0. The Labute approximate surface area is 160 Å². The van der Waals surface area contributed by atoms with Gasteiger partial charge in [-0.1, -0.05) is 19.3 Å². The lowest BCUT2D eigenvalue weighted by Crippen LogP contribution is -2.41. The van der Waals surface area contributed by atoms with E-state index in [2.05, 4.69) is 5.32 Å². The van der Waals surface area contributed by atoms with Gasteiger partial charge >= 0.3 is 6.03 Å². The van der Waals surface area contributed by atoms with Crippen LogP contribution in [0.15, 0.2) is 18.2 Å². The SMILES string of the molecule is COc1ccc(N2CCN(CC(=O)NCC3CCCCC3)C2=O)cc1OC. The van der Waals surface area contributed by atoms with Gasteiger partial charge in [-0.3, -0.25) is 9.69 Å². The van der Waals surface area contributed by atoms with Crippen LogP contribution in [0.3, 0.4) is 0 Å². The Bertz CT molecular complexity index is 673. The summed E-state index contributed by atoms with van der Waals surface area (Å²) < 4.78 is 10.6. The van der Waals surface area contributed by atoms with Crippen LogP contribution in [0.1, 0.15) is 32.1 Å². The first kappa shape index (κ1) is 19.3. The Morgan fingerprint density at radius 2 is 1.85 bits per heavy atom. The van der Waals surface area contributed by atoms with Crippen LogP contribution in [-0.2, 0) is 4.79 Å². The molecule has 27 heavy (non-hydrogen) atoms. The maximum atomic E-state index is 12.7. The van der Waals surface area contributed by atoms with Gasteiger partial charge in [0.1, 0.15) is 6.54 Å². The van der Waals surface area contributed by atoms with E-state index < -0.39 is 0 Å². The second-order valence-electron chi connectivity index (χ2n) is 7.20. The number of benzene rings is 1. The number of amides is 3. The Balaban J connectivity index is 1.54. The zero-order valence-corrected chi connectivity index (χ0v) is 16.2. The van der Waals surface area contributed by atoms with E-state index in [1.54, 1.807) is 36.2 Å². The van der Waals surface area contributed by atoms with Crippen LogP contribution < -0.4 is 19.7 Å². The monoisotopic (exact) mass is 375 g/mol. The van der Waals surface area contributed by atoms with E-state index >= 15 is 0 Å². The Kier molecular flexibility index (Phi) is 6.42. The second-order valence-corrected chi connectivity index (χ2v) is 7.20. The standard InChI is InChI=1S/C20H29N3O4/c1-26-17-9-8-16(12-18(17)27-2)23-11-10-22(20(23)25)14-19(24)21-13-15-6-4-3-5-7-15/h8-9,12,15H,3-7,10-11,13-14H2,1-2H3,(H,21,24). The number of rotatable bonds is 7. The third kappa shape index (κ3) is 4.64. The number of ether oxygens (including phenoxy) is 2. The third-order valence-corrected chi connectivity index (χ3v) is 5.42. The van der Waals surface area contributed by atoms with E-state index in [-0.39, 0.29) is 18.5 Å². The van der Waals surface area contributed by atoms with Crippen molar-refractivity contribution in [3.8, 4) is 11.5 Å².